The maximum atomic E-state index is 13.3. The Morgan fingerprint density at radius 1 is 1.16 bits per heavy atom. The van der Waals surface area contributed by atoms with E-state index in [4.69, 9.17) is 4.42 Å². The van der Waals surface area contributed by atoms with E-state index in [1.54, 1.807) is 36.4 Å². The molecule has 1 amide bonds. The van der Waals surface area contributed by atoms with Crippen LogP contribution in [-0.4, -0.2) is 37.3 Å². The molecule has 1 aliphatic heterocycles. The van der Waals surface area contributed by atoms with Crippen molar-refractivity contribution in [1.29, 1.82) is 0 Å². The van der Waals surface area contributed by atoms with Gasteiger partial charge in [-0.05, 0) is 68.9 Å². The minimum Gasteiger partial charge on any atom is -0.449 e. The van der Waals surface area contributed by atoms with Crippen LogP contribution in [0.15, 0.2) is 39.9 Å². The summed E-state index contributed by atoms with van der Waals surface area (Å²) in [5.74, 6) is 0.0565. The number of aryl methyl sites for hydroxylation is 2. The van der Waals surface area contributed by atoms with E-state index >= 15 is 0 Å². The number of amides is 1. The molecule has 2 aromatic heterocycles. The molecular formula is C23H27N3O4S. The molecule has 164 valence electrons. The van der Waals surface area contributed by atoms with Crippen LogP contribution in [0.2, 0.25) is 0 Å². The third-order valence-electron chi connectivity index (χ3n) is 5.99. The normalized spacial score (nSPS) is 14.9. The van der Waals surface area contributed by atoms with Crippen LogP contribution >= 0.6 is 0 Å². The molecule has 1 saturated heterocycles. The smallest absolute Gasteiger partial charge is 0.289 e. The molecule has 0 unspecified atom stereocenters. The molecule has 1 aromatic carbocycles. The lowest BCUT2D eigenvalue weighted by Crippen LogP contribution is -2.35. The lowest BCUT2D eigenvalue weighted by Gasteiger charge is -2.25. The van der Waals surface area contributed by atoms with Crippen LogP contribution in [-0.2, 0) is 16.6 Å². The van der Waals surface area contributed by atoms with Crippen molar-refractivity contribution in [3.63, 3.8) is 0 Å². The van der Waals surface area contributed by atoms with Crippen LogP contribution in [0.4, 0.5) is 0 Å². The largest absolute Gasteiger partial charge is 0.449 e. The lowest BCUT2D eigenvalue weighted by atomic mass is 10.0. The van der Waals surface area contributed by atoms with E-state index < -0.39 is 10.0 Å². The van der Waals surface area contributed by atoms with E-state index in [2.05, 4.69) is 9.71 Å². The van der Waals surface area contributed by atoms with Crippen molar-refractivity contribution in [1.82, 2.24) is 14.6 Å². The predicted molar refractivity (Wildman–Crippen MR) is 118 cm³/mol. The Hall–Kier alpha value is -2.71. The first-order chi connectivity index (χ1) is 14.8. The van der Waals surface area contributed by atoms with E-state index in [-0.39, 0.29) is 28.7 Å². The number of carbonyl (C=O) groups is 1. The first-order valence-corrected chi connectivity index (χ1v) is 12.0. The monoisotopic (exact) mass is 441 g/mol. The fourth-order valence-corrected chi connectivity index (χ4v) is 5.53. The third-order valence-corrected chi connectivity index (χ3v) is 7.54. The summed E-state index contributed by atoms with van der Waals surface area (Å²) in [5.41, 5.74) is 3.10. The zero-order valence-electron chi connectivity index (χ0n) is 18.1. The number of furan rings is 1. The summed E-state index contributed by atoms with van der Waals surface area (Å²) >= 11 is 0. The Morgan fingerprint density at radius 3 is 2.58 bits per heavy atom. The Bertz CT molecular complexity index is 1230. The van der Waals surface area contributed by atoms with Crippen molar-refractivity contribution in [2.24, 2.45) is 0 Å². The van der Waals surface area contributed by atoms with Gasteiger partial charge in [0.05, 0.1) is 0 Å². The zero-order valence-corrected chi connectivity index (χ0v) is 18.9. The molecule has 0 radical (unpaired) electrons. The summed E-state index contributed by atoms with van der Waals surface area (Å²) in [4.78, 5) is 19.0. The van der Waals surface area contributed by atoms with Crippen molar-refractivity contribution >= 4 is 26.9 Å². The number of nitrogens with one attached hydrogen (secondary N) is 1. The number of aromatic nitrogens is 1. The van der Waals surface area contributed by atoms with Crippen LogP contribution in [0.5, 0.6) is 0 Å². The molecule has 7 nitrogen and oxygen atoms in total. The van der Waals surface area contributed by atoms with Gasteiger partial charge in [-0.2, -0.15) is 0 Å². The van der Waals surface area contributed by atoms with Gasteiger partial charge in [0.2, 0.25) is 10.0 Å². The molecule has 0 atom stereocenters. The molecule has 1 fully saturated rings. The number of hydrogen-bond donors (Lipinski definition) is 1. The lowest BCUT2D eigenvalue weighted by molar-refractivity contribution is 0.0693. The van der Waals surface area contributed by atoms with Crippen molar-refractivity contribution in [2.45, 2.75) is 51.5 Å². The highest BCUT2D eigenvalue weighted by Gasteiger charge is 2.30. The zero-order chi connectivity index (χ0) is 22.2. The van der Waals surface area contributed by atoms with Crippen LogP contribution in [0.25, 0.3) is 11.0 Å². The number of sulfonamides is 1. The Morgan fingerprint density at radius 2 is 1.90 bits per heavy atom. The molecule has 0 aliphatic carbocycles. The molecule has 8 heteroatoms. The van der Waals surface area contributed by atoms with E-state index in [0.29, 0.717) is 29.6 Å². The van der Waals surface area contributed by atoms with E-state index in [1.165, 1.54) is 0 Å². The van der Waals surface area contributed by atoms with Gasteiger partial charge in [0.15, 0.2) is 11.3 Å². The number of piperidine rings is 1. The standard InChI is InChI=1S/C23H27N3O4S/c1-15-12-19-17(3)20(23(27)26-10-5-4-6-11-26)30-21(19)22(16(15)2)31(28,29)25-14-18-8-7-9-24-13-18/h7-9,12-13,25H,4-6,10-11,14H2,1-3H3. The second-order valence-electron chi connectivity index (χ2n) is 8.12. The number of fused-ring (bicyclic) bond motifs is 1. The maximum Gasteiger partial charge on any atom is 0.289 e. The van der Waals surface area contributed by atoms with Crippen molar-refractivity contribution < 1.29 is 17.6 Å². The van der Waals surface area contributed by atoms with Crippen LogP contribution < -0.4 is 4.72 Å². The van der Waals surface area contributed by atoms with Gasteiger partial charge in [-0.25, -0.2) is 13.1 Å². The second kappa shape index (κ2) is 8.43. The first-order valence-electron chi connectivity index (χ1n) is 10.5. The summed E-state index contributed by atoms with van der Waals surface area (Å²) in [6.45, 7) is 6.96. The Kier molecular flexibility index (Phi) is 5.85. The minimum atomic E-state index is -3.89. The fraction of sp³-hybridized carbons (Fsp3) is 0.391. The number of nitrogens with zero attached hydrogens (tertiary/aromatic N) is 2. The number of hydrogen-bond acceptors (Lipinski definition) is 5. The van der Waals surface area contributed by atoms with Gasteiger partial charge in [-0.3, -0.25) is 9.78 Å². The summed E-state index contributed by atoms with van der Waals surface area (Å²) in [7, 11) is -3.89. The van der Waals surface area contributed by atoms with Gasteiger partial charge in [0.25, 0.3) is 5.91 Å². The average Bonchev–Trinajstić information content (AvgIpc) is 3.09. The molecule has 4 rings (SSSR count). The number of rotatable bonds is 5. The molecular weight excluding hydrogens is 414 g/mol. The fourth-order valence-electron chi connectivity index (χ4n) is 4.06. The molecule has 0 bridgehead atoms. The number of likely N-dealkylation sites (tertiary alicyclic amines) is 1. The molecule has 0 saturated carbocycles. The van der Waals surface area contributed by atoms with Gasteiger partial charge >= 0.3 is 0 Å². The van der Waals surface area contributed by atoms with Crippen LogP contribution in [0.3, 0.4) is 0 Å². The van der Waals surface area contributed by atoms with Gasteiger partial charge < -0.3 is 9.32 Å². The number of pyridine rings is 1. The van der Waals surface area contributed by atoms with Gasteiger partial charge in [0.1, 0.15) is 4.90 Å². The van der Waals surface area contributed by atoms with Crippen LogP contribution in [0, 0.1) is 20.8 Å². The molecule has 1 aliphatic rings. The molecule has 31 heavy (non-hydrogen) atoms. The van der Waals surface area contributed by atoms with E-state index in [0.717, 1.165) is 30.4 Å². The van der Waals surface area contributed by atoms with E-state index in [9.17, 15) is 13.2 Å². The van der Waals surface area contributed by atoms with Gasteiger partial charge in [-0.1, -0.05) is 6.07 Å². The van der Waals surface area contributed by atoms with Gasteiger partial charge in [0, 0.05) is 43.0 Å². The summed E-state index contributed by atoms with van der Waals surface area (Å²) < 4.78 is 35.2. The summed E-state index contributed by atoms with van der Waals surface area (Å²) in [5, 5.41) is 0.658. The minimum absolute atomic E-state index is 0.0900. The molecule has 0 spiro atoms. The first kappa shape index (κ1) is 21.5. The quantitative estimate of drug-likeness (QED) is 0.649. The number of benzene rings is 1. The van der Waals surface area contributed by atoms with Crippen molar-refractivity contribution in [2.75, 3.05) is 13.1 Å². The topological polar surface area (TPSA) is 92.5 Å². The molecule has 3 aromatic rings. The highest BCUT2D eigenvalue weighted by atomic mass is 32.2. The SMILES string of the molecule is Cc1cc2c(C)c(C(=O)N3CCCCC3)oc2c(S(=O)(=O)NCc2cccnc2)c1C. The highest BCUT2D eigenvalue weighted by molar-refractivity contribution is 7.89. The van der Waals surface area contributed by atoms with Gasteiger partial charge in [-0.15, -0.1) is 0 Å². The molecule has 3 heterocycles. The Labute approximate surface area is 182 Å². The van der Waals surface area contributed by atoms with Crippen LogP contribution in [0.1, 0.15) is 52.1 Å². The second-order valence-corrected chi connectivity index (χ2v) is 9.82. The van der Waals surface area contributed by atoms with E-state index in [1.807, 2.05) is 19.9 Å². The molecule has 1 N–H and O–H groups in total. The maximum absolute atomic E-state index is 13.3. The average molecular weight is 442 g/mol. The summed E-state index contributed by atoms with van der Waals surface area (Å²) in [6, 6.07) is 5.46. The highest BCUT2D eigenvalue weighted by Crippen LogP contribution is 2.35. The summed E-state index contributed by atoms with van der Waals surface area (Å²) in [6.07, 6.45) is 6.32. The van der Waals surface area contributed by atoms with Crippen molar-refractivity contribution in [3.8, 4) is 0 Å². The third kappa shape index (κ3) is 4.09. The number of carbonyl (C=O) groups excluding carboxylic acids is 1. The van der Waals surface area contributed by atoms with Crippen molar-refractivity contribution in [3.05, 3.63) is 58.6 Å². The Balaban J connectivity index is 1.77. The predicted octanol–water partition coefficient (Wildman–Crippen LogP) is 3.86.